The number of aryl methyl sites for hydroxylation is 1. The van der Waals surface area contributed by atoms with Crippen molar-refractivity contribution in [2.75, 3.05) is 36.8 Å². The number of aliphatic imine (C=N–C) groups is 1. The van der Waals surface area contributed by atoms with Gasteiger partial charge in [0.2, 0.25) is 10.0 Å². The summed E-state index contributed by atoms with van der Waals surface area (Å²) in [5, 5.41) is 11.5. The molecule has 1 aliphatic rings. The Bertz CT molecular complexity index is 658. The first kappa shape index (κ1) is 18.5. The number of hydrogen-bond acceptors (Lipinski definition) is 4. The van der Waals surface area contributed by atoms with Crippen LogP contribution in [0.25, 0.3) is 0 Å². The number of nitrogens with zero attached hydrogens (tertiary/aromatic N) is 2. The number of sulfonamides is 1. The van der Waals surface area contributed by atoms with Crippen LogP contribution < -0.4 is 20.7 Å². The maximum atomic E-state index is 11.0. The fraction of sp³-hybridized carbons (Fsp3) is 0.562. The van der Waals surface area contributed by atoms with Crippen molar-refractivity contribution >= 4 is 21.7 Å². The molecule has 0 bridgehead atoms. The number of nitrogens with two attached hydrogens (primary N) is 1. The highest BCUT2D eigenvalue weighted by Gasteiger charge is 2.23. The molecule has 134 valence electrons. The number of hydrogen-bond donors (Lipinski definition) is 3. The van der Waals surface area contributed by atoms with Gasteiger partial charge in [0.15, 0.2) is 5.96 Å². The van der Waals surface area contributed by atoms with E-state index < -0.39 is 10.0 Å². The number of nitrogens with one attached hydrogen (secondary N) is 2. The van der Waals surface area contributed by atoms with Gasteiger partial charge in [0.1, 0.15) is 0 Å². The van der Waals surface area contributed by atoms with Crippen molar-refractivity contribution in [2.24, 2.45) is 10.1 Å². The minimum Gasteiger partial charge on any atom is -0.369 e. The summed E-state index contributed by atoms with van der Waals surface area (Å²) in [7, 11) is -3.48. The molecule has 0 aromatic heterocycles. The summed E-state index contributed by atoms with van der Waals surface area (Å²) in [5.74, 6) is 0.487. The Labute approximate surface area is 144 Å². The standard InChI is InChI=1S/C16H27N5O2S/c1-3-18-16(19-9-11-24(17,22)23)20-14-8-10-21(12-14)15-6-4-13(2)5-7-15/h4-7,14H,3,8-12H2,1-2H3,(H2,17,22,23)(H2,18,19,20). The predicted molar refractivity (Wildman–Crippen MR) is 98.9 cm³/mol. The molecule has 8 heteroatoms. The lowest BCUT2D eigenvalue weighted by molar-refractivity contribution is 0.597. The molecule has 1 fully saturated rings. The lowest BCUT2D eigenvalue weighted by Gasteiger charge is -2.20. The van der Waals surface area contributed by atoms with Crippen LogP contribution in [0.3, 0.4) is 0 Å². The van der Waals surface area contributed by atoms with E-state index in [4.69, 9.17) is 5.14 Å². The number of guanidine groups is 1. The minimum absolute atomic E-state index is 0.149. The Balaban J connectivity index is 1.91. The van der Waals surface area contributed by atoms with Crippen molar-refractivity contribution in [3.05, 3.63) is 29.8 Å². The van der Waals surface area contributed by atoms with Crippen molar-refractivity contribution in [3.8, 4) is 0 Å². The molecule has 1 atom stereocenters. The molecule has 7 nitrogen and oxygen atoms in total. The first-order valence-electron chi connectivity index (χ1n) is 8.24. The minimum atomic E-state index is -3.48. The predicted octanol–water partition coefficient (Wildman–Crippen LogP) is 0.417. The number of primary sulfonamides is 1. The molecule has 1 aliphatic heterocycles. The third-order valence-electron chi connectivity index (χ3n) is 3.92. The zero-order valence-electron chi connectivity index (χ0n) is 14.3. The Kier molecular flexibility index (Phi) is 6.44. The largest absolute Gasteiger partial charge is 0.369 e. The van der Waals surface area contributed by atoms with Gasteiger partial charge in [-0.1, -0.05) is 17.7 Å². The van der Waals surface area contributed by atoms with Crippen molar-refractivity contribution in [1.29, 1.82) is 0 Å². The molecule has 0 radical (unpaired) electrons. The van der Waals surface area contributed by atoms with Crippen LogP contribution in [-0.2, 0) is 10.0 Å². The molecule has 2 rings (SSSR count). The van der Waals surface area contributed by atoms with Gasteiger partial charge < -0.3 is 15.5 Å². The Morgan fingerprint density at radius 2 is 2.08 bits per heavy atom. The summed E-state index contributed by atoms with van der Waals surface area (Å²) in [5.41, 5.74) is 2.48. The first-order chi connectivity index (χ1) is 11.4. The number of anilines is 1. The van der Waals surface area contributed by atoms with Gasteiger partial charge in [0.05, 0.1) is 12.3 Å². The topological polar surface area (TPSA) is 99.8 Å². The molecule has 0 saturated carbocycles. The van der Waals surface area contributed by atoms with E-state index in [2.05, 4.69) is 51.7 Å². The molecule has 0 aliphatic carbocycles. The summed E-state index contributed by atoms with van der Waals surface area (Å²) < 4.78 is 22.0. The molecule has 0 amide bonds. The van der Waals surface area contributed by atoms with Gasteiger partial charge in [-0.3, -0.25) is 4.99 Å². The van der Waals surface area contributed by atoms with E-state index in [1.165, 1.54) is 11.3 Å². The molecule has 1 aromatic rings. The van der Waals surface area contributed by atoms with E-state index >= 15 is 0 Å². The molecular formula is C16H27N5O2S. The molecule has 1 unspecified atom stereocenters. The van der Waals surface area contributed by atoms with Crippen molar-refractivity contribution in [2.45, 2.75) is 26.3 Å². The van der Waals surface area contributed by atoms with Crippen LogP contribution in [0.5, 0.6) is 0 Å². The lowest BCUT2D eigenvalue weighted by Crippen LogP contribution is -2.44. The summed E-state index contributed by atoms with van der Waals surface area (Å²) >= 11 is 0. The average Bonchev–Trinajstić information content (AvgIpc) is 2.95. The highest BCUT2D eigenvalue weighted by atomic mass is 32.2. The second-order valence-corrected chi connectivity index (χ2v) is 7.77. The van der Waals surface area contributed by atoms with E-state index in [9.17, 15) is 8.42 Å². The van der Waals surface area contributed by atoms with Crippen LogP contribution in [-0.4, -0.2) is 52.4 Å². The molecule has 1 saturated heterocycles. The Morgan fingerprint density at radius 1 is 1.38 bits per heavy atom. The van der Waals surface area contributed by atoms with Gasteiger partial charge in [-0.2, -0.15) is 0 Å². The number of rotatable bonds is 6. The van der Waals surface area contributed by atoms with Crippen LogP contribution in [0.15, 0.2) is 29.3 Å². The van der Waals surface area contributed by atoms with Crippen LogP contribution in [0.4, 0.5) is 5.69 Å². The van der Waals surface area contributed by atoms with Crippen LogP contribution in [0, 0.1) is 6.92 Å². The molecule has 0 spiro atoms. The van der Waals surface area contributed by atoms with Crippen LogP contribution in [0.2, 0.25) is 0 Å². The van der Waals surface area contributed by atoms with E-state index in [1.54, 1.807) is 0 Å². The van der Waals surface area contributed by atoms with Gasteiger partial charge in [-0.05, 0) is 32.4 Å². The normalized spacial score (nSPS) is 18.7. The van der Waals surface area contributed by atoms with E-state index in [0.717, 1.165) is 26.1 Å². The van der Waals surface area contributed by atoms with E-state index in [0.29, 0.717) is 5.96 Å². The second-order valence-electron chi connectivity index (χ2n) is 6.04. The number of benzene rings is 1. The summed E-state index contributed by atoms with van der Waals surface area (Å²) in [6.07, 6.45) is 1.01. The van der Waals surface area contributed by atoms with E-state index in [-0.39, 0.29) is 18.3 Å². The summed E-state index contributed by atoms with van der Waals surface area (Å²) in [6, 6.07) is 8.80. The molecule has 24 heavy (non-hydrogen) atoms. The smallest absolute Gasteiger partial charge is 0.210 e. The fourth-order valence-corrected chi connectivity index (χ4v) is 3.01. The molecular weight excluding hydrogens is 326 g/mol. The maximum absolute atomic E-state index is 11.0. The van der Waals surface area contributed by atoms with Crippen LogP contribution in [0.1, 0.15) is 18.9 Å². The summed E-state index contributed by atoms with van der Waals surface area (Å²) in [6.45, 7) is 6.81. The molecule has 1 aromatic carbocycles. The highest BCUT2D eigenvalue weighted by molar-refractivity contribution is 7.89. The maximum Gasteiger partial charge on any atom is 0.210 e. The van der Waals surface area contributed by atoms with Gasteiger partial charge >= 0.3 is 0 Å². The monoisotopic (exact) mass is 353 g/mol. The quantitative estimate of drug-likeness (QED) is 0.508. The van der Waals surface area contributed by atoms with Crippen molar-refractivity contribution < 1.29 is 8.42 Å². The fourth-order valence-electron chi connectivity index (χ4n) is 2.67. The summed E-state index contributed by atoms with van der Waals surface area (Å²) in [4.78, 5) is 6.63. The second kappa shape index (κ2) is 8.34. The van der Waals surface area contributed by atoms with Gasteiger partial charge in [0, 0.05) is 31.4 Å². The van der Waals surface area contributed by atoms with Crippen molar-refractivity contribution in [3.63, 3.8) is 0 Å². The van der Waals surface area contributed by atoms with Crippen molar-refractivity contribution in [1.82, 2.24) is 10.6 Å². The average molecular weight is 353 g/mol. The lowest BCUT2D eigenvalue weighted by atomic mass is 10.2. The van der Waals surface area contributed by atoms with Crippen LogP contribution >= 0.6 is 0 Å². The SMILES string of the molecule is CCNC(=NCCS(N)(=O)=O)NC1CCN(c2ccc(C)cc2)C1. The molecule has 4 N–H and O–H groups in total. The Hall–Kier alpha value is -1.80. The van der Waals surface area contributed by atoms with Gasteiger partial charge in [-0.25, -0.2) is 13.6 Å². The third kappa shape index (κ3) is 6.01. The van der Waals surface area contributed by atoms with E-state index in [1.807, 2.05) is 6.92 Å². The highest BCUT2D eigenvalue weighted by Crippen LogP contribution is 2.20. The first-order valence-corrected chi connectivity index (χ1v) is 9.96. The van der Waals surface area contributed by atoms with Gasteiger partial charge in [-0.15, -0.1) is 0 Å². The molecule has 1 heterocycles. The zero-order chi connectivity index (χ0) is 17.6. The Morgan fingerprint density at radius 3 is 2.71 bits per heavy atom. The third-order valence-corrected chi connectivity index (χ3v) is 4.67. The van der Waals surface area contributed by atoms with Gasteiger partial charge in [0.25, 0.3) is 0 Å². The zero-order valence-corrected chi connectivity index (χ0v) is 15.1.